The zero-order chi connectivity index (χ0) is 29.1. The lowest BCUT2D eigenvalue weighted by Crippen LogP contribution is -2.45. The maximum atomic E-state index is 13.8. The van der Waals surface area contributed by atoms with Crippen LogP contribution in [-0.4, -0.2) is 24.5 Å². The van der Waals surface area contributed by atoms with Gasteiger partial charge < -0.3 is 10.1 Å². The van der Waals surface area contributed by atoms with Crippen molar-refractivity contribution in [2.45, 2.75) is 136 Å². The van der Waals surface area contributed by atoms with E-state index in [0.29, 0.717) is 12.1 Å². The van der Waals surface area contributed by atoms with Gasteiger partial charge in [0.15, 0.2) is 0 Å². The standard InChI is InChI=1S/C31H49F4NO3/c1-4-5-6-7-8-9-10-11-12-13-14-15-16-17-18-19-22-39-30(38)28(24(2)3)36-29(37)25-20-21-26(27(32)23-25)31(33,34)35/h20-21,23-24,28H,4-19,22H2,1-3H3,(H,36,37). The fourth-order valence-corrected chi connectivity index (χ4v) is 4.52. The van der Waals surface area contributed by atoms with Gasteiger partial charge in [-0.25, -0.2) is 9.18 Å². The number of alkyl halides is 3. The van der Waals surface area contributed by atoms with Crippen molar-refractivity contribution < 1.29 is 31.9 Å². The first-order valence-corrected chi connectivity index (χ1v) is 14.9. The summed E-state index contributed by atoms with van der Waals surface area (Å²) in [5.41, 5.74) is -1.74. The highest BCUT2D eigenvalue weighted by Gasteiger charge is 2.34. The molecular formula is C31H49F4NO3. The molecule has 8 heteroatoms. The van der Waals surface area contributed by atoms with Gasteiger partial charge in [0.25, 0.3) is 5.91 Å². The zero-order valence-electron chi connectivity index (χ0n) is 24.1. The average Bonchev–Trinajstić information content (AvgIpc) is 2.87. The van der Waals surface area contributed by atoms with Crippen molar-refractivity contribution in [3.8, 4) is 0 Å². The second kappa shape index (κ2) is 19.9. The fraction of sp³-hybridized carbons (Fsp3) is 0.742. The van der Waals surface area contributed by atoms with Crippen LogP contribution in [0.2, 0.25) is 0 Å². The third-order valence-corrected chi connectivity index (χ3v) is 6.99. The molecule has 0 aromatic heterocycles. The minimum absolute atomic E-state index is 0.241. The number of esters is 1. The maximum absolute atomic E-state index is 13.8. The Hall–Kier alpha value is -2.12. The van der Waals surface area contributed by atoms with E-state index in [-0.39, 0.29) is 18.1 Å². The molecule has 224 valence electrons. The third-order valence-electron chi connectivity index (χ3n) is 6.99. The molecule has 1 rings (SSSR count). The van der Waals surface area contributed by atoms with Gasteiger partial charge in [-0.2, -0.15) is 13.2 Å². The number of unbranched alkanes of at least 4 members (excludes halogenated alkanes) is 15. The highest BCUT2D eigenvalue weighted by atomic mass is 19.4. The number of amides is 1. The number of hydrogen-bond donors (Lipinski definition) is 1. The highest BCUT2D eigenvalue weighted by molar-refractivity contribution is 5.96. The van der Waals surface area contributed by atoms with Crippen LogP contribution in [0.15, 0.2) is 18.2 Å². The summed E-state index contributed by atoms with van der Waals surface area (Å²) in [7, 11) is 0. The summed E-state index contributed by atoms with van der Waals surface area (Å²) in [6, 6.07) is 0.950. The first kappa shape index (κ1) is 34.9. The summed E-state index contributed by atoms with van der Waals surface area (Å²) < 4.78 is 57.4. The SMILES string of the molecule is CCCCCCCCCCCCCCCCCCOC(=O)C(NC(=O)c1ccc(C(F)(F)F)c(F)c1)C(C)C. The molecule has 39 heavy (non-hydrogen) atoms. The van der Waals surface area contributed by atoms with Crippen molar-refractivity contribution in [3.63, 3.8) is 0 Å². The van der Waals surface area contributed by atoms with E-state index in [2.05, 4.69) is 12.2 Å². The molecule has 0 radical (unpaired) electrons. The largest absolute Gasteiger partial charge is 0.464 e. The quantitative estimate of drug-likeness (QED) is 0.0927. The van der Waals surface area contributed by atoms with Crippen molar-refractivity contribution in [1.82, 2.24) is 5.32 Å². The second-order valence-electron chi connectivity index (χ2n) is 10.9. The molecule has 0 bridgehead atoms. The Morgan fingerprint density at radius 3 is 1.67 bits per heavy atom. The lowest BCUT2D eigenvalue weighted by atomic mass is 10.0. The van der Waals surface area contributed by atoms with Crippen LogP contribution in [0.5, 0.6) is 0 Å². The molecule has 1 aromatic rings. The summed E-state index contributed by atoms with van der Waals surface area (Å²) in [5.74, 6) is -3.29. The minimum Gasteiger partial charge on any atom is -0.464 e. The van der Waals surface area contributed by atoms with Gasteiger partial charge in [0.1, 0.15) is 11.9 Å². The smallest absolute Gasteiger partial charge is 0.419 e. The van der Waals surface area contributed by atoms with Gasteiger partial charge in [-0.05, 0) is 30.5 Å². The Morgan fingerprint density at radius 2 is 1.26 bits per heavy atom. The monoisotopic (exact) mass is 559 g/mol. The predicted molar refractivity (Wildman–Crippen MR) is 148 cm³/mol. The molecule has 0 aliphatic carbocycles. The number of carbonyl (C=O) groups excluding carboxylic acids is 2. The van der Waals surface area contributed by atoms with E-state index < -0.39 is 35.5 Å². The molecule has 0 fully saturated rings. The van der Waals surface area contributed by atoms with Gasteiger partial charge in [0.2, 0.25) is 0 Å². The van der Waals surface area contributed by atoms with Crippen molar-refractivity contribution in [2.75, 3.05) is 6.61 Å². The number of nitrogens with one attached hydrogen (secondary N) is 1. The van der Waals surface area contributed by atoms with E-state index in [4.69, 9.17) is 4.74 Å². The van der Waals surface area contributed by atoms with Gasteiger partial charge in [0.05, 0.1) is 12.2 Å². The normalized spacial score (nSPS) is 12.5. The zero-order valence-corrected chi connectivity index (χ0v) is 24.1. The number of halogens is 4. The molecule has 0 heterocycles. The van der Waals surface area contributed by atoms with Gasteiger partial charge in [-0.15, -0.1) is 0 Å². The molecule has 0 saturated carbocycles. The second-order valence-corrected chi connectivity index (χ2v) is 10.9. The van der Waals surface area contributed by atoms with Crippen LogP contribution in [-0.2, 0) is 15.7 Å². The number of rotatable bonds is 21. The molecule has 0 saturated heterocycles. The van der Waals surface area contributed by atoms with Crippen LogP contribution >= 0.6 is 0 Å². The van der Waals surface area contributed by atoms with Gasteiger partial charge in [-0.1, -0.05) is 117 Å². The number of hydrogen-bond acceptors (Lipinski definition) is 3. The lowest BCUT2D eigenvalue weighted by molar-refractivity contribution is -0.147. The van der Waals surface area contributed by atoms with E-state index in [1.54, 1.807) is 13.8 Å². The first-order chi connectivity index (χ1) is 18.6. The topological polar surface area (TPSA) is 55.4 Å². The molecule has 4 nitrogen and oxygen atoms in total. The molecule has 1 unspecified atom stereocenters. The summed E-state index contributed by atoms with van der Waals surface area (Å²) in [5, 5.41) is 2.46. The molecule has 0 aliphatic heterocycles. The molecular weight excluding hydrogens is 510 g/mol. The highest BCUT2D eigenvalue weighted by Crippen LogP contribution is 2.31. The molecule has 0 spiro atoms. The summed E-state index contributed by atoms with van der Waals surface area (Å²) in [6.45, 7) is 5.92. The van der Waals surface area contributed by atoms with Crippen LogP contribution in [0.1, 0.15) is 139 Å². The lowest BCUT2D eigenvalue weighted by Gasteiger charge is -2.21. The Balaban J connectivity index is 2.17. The Bertz CT molecular complexity index is 827. The predicted octanol–water partition coefficient (Wildman–Crippen LogP) is 9.40. The first-order valence-electron chi connectivity index (χ1n) is 14.9. The Labute approximate surface area is 232 Å². The van der Waals surface area contributed by atoms with Crippen molar-refractivity contribution in [3.05, 3.63) is 35.1 Å². The molecule has 0 aliphatic rings. The summed E-state index contributed by atoms with van der Waals surface area (Å²) >= 11 is 0. The van der Waals surface area contributed by atoms with E-state index in [9.17, 15) is 27.2 Å². The summed E-state index contributed by atoms with van der Waals surface area (Å²) in [6.07, 6.45) is 15.1. The van der Waals surface area contributed by atoms with Gasteiger partial charge in [-0.3, -0.25) is 4.79 Å². The van der Waals surface area contributed by atoms with E-state index in [1.165, 1.54) is 83.5 Å². The minimum atomic E-state index is -4.85. The van der Waals surface area contributed by atoms with Crippen molar-refractivity contribution in [2.24, 2.45) is 5.92 Å². The molecule has 1 aromatic carbocycles. The molecule has 1 atom stereocenters. The van der Waals surface area contributed by atoms with Crippen LogP contribution in [0.4, 0.5) is 17.6 Å². The van der Waals surface area contributed by atoms with Crippen LogP contribution in [0, 0.1) is 11.7 Å². The molecule has 1 amide bonds. The average molecular weight is 560 g/mol. The maximum Gasteiger partial charge on any atom is 0.419 e. The number of ether oxygens (including phenoxy) is 1. The number of carbonyl (C=O) groups is 2. The Kier molecular flexibility index (Phi) is 17.8. The van der Waals surface area contributed by atoms with Crippen LogP contribution < -0.4 is 5.32 Å². The van der Waals surface area contributed by atoms with E-state index >= 15 is 0 Å². The fourth-order valence-electron chi connectivity index (χ4n) is 4.52. The van der Waals surface area contributed by atoms with Crippen LogP contribution in [0.25, 0.3) is 0 Å². The van der Waals surface area contributed by atoms with E-state index in [1.807, 2.05) is 0 Å². The third kappa shape index (κ3) is 15.3. The molecule has 1 N–H and O–H groups in total. The summed E-state index contributed by atoms with van der Waals surface area (Å²) in [4.78, 5) is 24.9. The van der Waals surface area contributed by atoms with Crippen LogP contribution in [0.3, 0.4) is 0 Å². The van der Waals surface area contributed by atoms with E-state index in [0.717, 1.165) is 25.3 Å². The van der Waals surface area contributed by atoms with Gasteiger partial charge in [0, 0.05) is 5.56 Å². The van der Waals surface area contributed by atoms with Crippen molar-refractivity contribution in [1.29, 1.82) is 0 Å². The Morgan fingerprint density at radius 1 is 0.795 bits per heavy atom. The number of benzene rings is 1. The van der Waals surface area contributed by atoms with Crippen molar-refractivity contribution >= 4 is 11.9 Å². The van der Waals surface area contributed by atoms with Gasteiger partial charge >= 0.3 is 12.1 Å².